The molecule has 5 heteroatoms. The molecule has 0 radical (unpaired) electrons. The first kappa shape index (κ1) is 18.6. The topological polar surface area (TPSA) is 21.7 Å². The van der Waals surface area contributed by atoms with Crippen molar-refractivity contribution in [2.24, 2.45) is 0 Å². The fourth-order valence-corrected chi connectivity index (χ4v) is 4.62. The second kappa shape index (κ2) is 8.43. The molecule has 2 heterocycles. The molecule has 0 N–H and O–H groups in total. The van der Waals surface area contributed by atoms with E-state index in [0.717, 1.165) is 37.4 Å². The molecule has 3 nitrogen and oxygen atoms in total. The molecule has 0 amide bonds. The van der Waals surface area contributed by atoms with E-state index in [-0.39, 0.29) is 12.4 Å². The molecular weight excluding hydrogens is 354 g/mol. The first-order valence-corrected chi connectivity index (χ1v) is 9.81. The molecule has 136 valence electrons. The zero-order valence-corrected chi connectivity index (χ0v) is 16.3. The Bertz CT molecular complexity index is 689. The van der Waals surface area contributed by atoms with E-state index in [4.69, 9.17) is 9.47 Å². The van der Waals surface area contributed by atoms with Crippen molar-refractivity contribution in [2.75, 3.05) is 33.4 Å². The van der Waals surface area contributed by atoms with Crippen LogP contribution in [0.1, 0.15) is 34.8 Å². The van der Waals surface area contributed by atoms with Crippen molar-refractivity contribution < 1.29 is 9.47 Å². The van der Waals surface area contributed by atoms with Crippen LogP contribution in [0.15, 0.2) is 29.6 Å². The number of thiophene rings is 1. The molecule has 0 spiro atoms. The Morgan fingerprint density at radius 2 is 2.08 bits per heavy atom. The Kier molecular flexibility index (Phi) is 6.26. The molecular formula is C20H26ClNO2S. The SMILES string of the molecule is CN(CCc1cccs1)CC1CCCc2c1ccc1c2OCCO1.Cl. The average molecular weight is 380 g/mol. The molecule has 1 atom stereocenters. The lowest BCUT2D eigenvalue weighted by Gasteiger charge is -2.32. The summed E-state index contributed by atoms with van der Waals surface area (Å²) in [7, 11) is 2.25. The van der Waals surface area contributed by atoms with E-state index >= 15 is 0 Å². The van der Waals surface area contributed by atoms with Crippen LogP contribution in [0.5, 0.6) is 11.5 Å². The Labute approximate surface area is 160 Å². The molecule has 2 aliphatic rings. The lowest BCUT2D eigenvalue weighted by atomic mass is 9.81. The van der Waals surface area contributed by atoms with Gasteiger partial charge in [0.15, 0.2) is 11.5 Å². The molecule has 1 aromatic carbocycles. The van der Waals surface area contributed by atoms with Gasteiger partial charge < -0.3 is 14.4 Å². The van der Waals surface area contributed by atoms with Gasteiger partial charge in [0.25, 0.3) is 0 Å². The maximum absolute atomic E-state index is 5.93. The van der Waals surface area contributed by atoms with Gasteiger partial charge >= 0.3 is 0 Å². The van der Waals surface area contributed by atoms with Crippen LogP contribution in [0, 0.1) is 0 Å². The molecule has 1 aromatic heterocycles. The Morgan fingerprint density at radius 3 is 2.92 bits per heavy atom. The zero-order valence-electron chi connectivity index (χ0n) is 14.7. The van der Waals surface area contributed by atoms with E-state index in [1.54, 1.807) is 0 Å². The highest BCUT2D eigenvalue weighted by molar-refractivity contribution is 7.09. The molecule has 0 saturated carbocycles. The van der Waals surface area contributed by atoms with Gasteiger partial charge in [-0.05, 0) is 61.7 Å². The number of nitrogens with zero attached hydrogens (tertiary/aromatic N) is 1. The van der Waals surface area contributed by atoms with Gasteiger partial charge in [-0.1, -0.05) is 12.1 Å². The minimum atomic E-state index is 0. The number of rotatable bonds is 5. The van der Waals surface area contributed by atoms with E-state index < -0.39 is 0 Å². The highest BCUT2D eigenvalue weighted by atomic mass is 35.5. The fourth-order valence-electron chi connectivity index (χ4n) is 3.92. The minimum Gasteiger partial charge on any atom is -0.486 e. The number of hydrogen-bond acceptors (Lipinski definition) is 4. The van der Waals surface area contributed by atoms with E-state index in [1.807, 2.05) is 11.3 Å². The maximum atomic E-state index is 5.93. The first-order chi connectivity index (χ1) is 11.8. The van der Waals surface area contributed by atoms with Crippen molar-refractivity contribution in [3.05, 3.63) is 45.6 Å². The largest absolute Gasteiger partial charge is 0.486 e. The predicted octanol–water partition coefficient (Wildman–Crippen LogP) is 4.54. The summed E-state index contributed by atoms with van der Waals surface area (Å²) in [5, 5.41) is 2.16. The summed E-state index contributed by atoms with van der Waals surface area (Å²) in [5.41, 5.74) is 2.88. The van der Waals surface area contributed by atoms with Crippen LogP contribution in [-0.4, -0.2) is 38.3 Å². The van der Waals surface area contributed by atoms with Crippen LogP contribution in [0.25, 0.3) is 0 Å². The molecule has 0 fully saturated rings. The van der Waals surface area contributed by atoms with Gasteiger partial charge in [-0.2, -0.15) is 0 Å². The number of fused-ring (bicyclic) bond motifs is 3. The normalized spacial score (nSPS) is 18.6. The first-order valence-electron chi connectivity index (χ1n) is 8.93. The zero-order chi connectivity index (χ0) is 16.4. The van der Waals surface area contributed by atoms with Gasteiger partial charge in [0, 0.05) is 23.5 Å². The van der Waals surface area contributed by atoms with Gasteiger partial charge in [-0.25, -0.2) is 0 Å². The summed E-state index contributed by atoms with van der Waals surface area (Å²) in [6, 6.07) is 8.76. The molecule has 0 bridgehead atoms. The minimum absolute atomic E-state index is 0. The summed E-state index contributed by atoms with van der Waals surface area (Å²) in [4.78, 5) is 3.96. The van der Waals surface area contributed by atoms with Gasteiger partial charge in [0.1, 0.15) is 13.2 Å². The maximum Gasteiger partial charge on any atom is 0.164 e. The fraction of sp³-hybridized carbons (Fsp3) is 0.500. The van der Waals surface area contributed by atoms with Gasteiger partial charge in [-0.3, -0.25) is 0 Å². The quantitative estimate of drug-likeness (QED) is 0.761. The number of likely N-dealkylation sites (N-methyl/N-ethyl adjacent to an activating group) is 1. The van der Waals surface area contributed by atoms with Crippen molar-refractivity contribution in [3.63, 3.8) is 0 Å². The number of ether oxygens (including phenoxy) is 2. The summed E-state index contributed by atoms with van der Waals surface area (Å²) >= 11 is 1.86. The van der Waals surface area contributed by atoms with Crippen LogP contribution in [0.3, 0.4) is 0 Å². The van der Waals surface area contributed by atoms with Crippen LogP contribution in [0.2, 0.25) is 0 Å². The van der Waals surface area contributed by atoms with Crippen molar-refractivity contribution in [1.82, 2.24) is 4.90 Å². The van der Waals surface area contributed by atoms with Crippen LogP contribution >= 0.6 is 23.7 Å². The average Bonchev–Trinajstić information content (AvgIpc) is 3.14. The second-order valence-corrected chi connectivity index (χ2v) is 7.87. The van der Waals surface area contributed by atoms with E-state index in [1.165, 1.54) is 28.8 Å². The summed E-state index contributed by atoms with van der Waals surface area (Å²) in [5.74, 6) is 2.56. The second-order valence-electron chi connectivity index (χ2n) is 6.84. The van der Waals surface area contributed by atoms with Crippen molar-refractivity contribution in [3.8, 4) is 11.5 Å². The number of halogens is 1. The molecule has 0 saturated heterocycles. The molecule has 2 aromatic rings. The van der Waals surface area contributed by atoms with Crippen LogP contribution < -0.4 is 9.47 Å². The third kappa shape index (κ3) is 4.13. The van der Waals surface area contributed by atoms with E-state index in [9.17, 15) is 0 Å². The highest BCUT2D eigenvalue weighted by Crippen LogP contribution is 2.43. The number of hydrogen-bond donors (Lipinski definition) is 0. The standard InChI is InChI=1S/C20H25NO2S.ClH/c1-21(10-9-16-5-3-13-24-16)14-15-4-2-6-18-17(15)7-8-19-20(18)23-12-11-22-19;/h3,5,7-8,13,15H,2,4,6,9-12,14H2,1H3;1H. The smallest absolute Gasteiger partial charge is 0.164 e. The Hall–Kier alpha value is -1.23. The van der Waals surface area contributed by atoms with Crippen LogP contribution in [-0.2, 0) is 12.8 Å². The molecule has 1 aliphatic heterocycles. The lowest BCUT2D eigenvalue weighted by molar-refractivity contribution is 0.168. The summed E-state index contributed by atoms with van der Waals surface area (Å²) in [6.07, 6.45) is 4.79. The van der Waals surface area contributed by atoms with Gasteiger partial charge in [0.05, 0.1) is 0 Å². The monoisotopic (exact) mass is 379 g/mol. The highest BCUT2D eigenvalue weighted by Gasteiger charge is 2.27. The van der Waals surface area contributed by atoms with Crippen LogP contribution in [0.4, 0.5) is 0 Å². The van der Waals surface area contributed by atoms with Crippen molar-refractivity contribution in [1.29, 1.82) is 0 Å². The van der Waals surface area contributed by atoms with E-state index in [2.05, 4.69) is 41.6 Å². The summed E-state index contributed by atoms with van der Waals surface area (Å²) in [6.45, 7) is 3.59. The number of benzene rings is 1. The third-order valence-electron chi connectivity index (χ3n) is 5.12. The van der Waals surface area contributed by atoms with Gasteiger partial charge in [-0.15, -0.1) is 23.7 Å². The van der Waals surface area contributed by atoms with Crippen molar-refractivity contribution >= 4 is 23.7 Å². The van der Waals surface area contributed by atoms with Gasteiger partial charge in [0.2, 0.25) is 0 Å². The lowest BCUT2D eigenvalue weighted by Crippen LogP contribution is -2.29. The Balaban J connectivity index is 0.00000182. The Morgan fingerprint density at radius 1 is 1.20 bits per heavy atom. The molecule has 1 aliphatic carbocycles. The molecule has 4 rings (SSSR count). The predicted molar refractivity (Wildman–Crippen MR) is 106 cm³/mol. The molecule has 25 heavy (non-hydrogen) atoms. The molecule has 1 unspecified atom stereocenters. The third-order valence-corrected chi connectivity index (χ3v) is 6.06. The van der Waals surface area contributed by atoms with E-state index in [0.29, 0.717) is 19.1 Å². The van der Waals surface area contributed by atoms with Crippen molar-refractivity contribution in [2.45, 2.75) is 31.6 Å². The summed E-state index contributed by atoms with van der Waals surface area (Å²) < 4.78 is 11.7.